The lowest BCUT2D eigenvalue weighted by atomic mass is 10.1. The third-order valence-corrected chi connectivity index (χ3v) is 2.76. The number of halogens is 1. The van der Waals surface area contributed by atoms with E-state index in [-0.39, 0.29) is 12.4 Å². The minimum absolute atomic E-state index is 0. The van der Waals surface area contributed by atoms with Crippen LogP contribution < -0.4 is 9.47 Å². The standard InChI is InChI=1S/C15H23NO3.ClH/c1-5-9-18-14-7-6-13(11-17)15(12(14)2)19-10-8-16(3)4;/h6-7,11H,5,8-10H2,1-4H3;1H. The van der Waals surface area contributed by atoms with Gasteiger partial charge in [0.1, 0.15) is 18.1 Å². The number of likely N-dealkylation sites (N-methyl/N-ethyl adjacent to an activating group) is 1. The summed E-state index contributed by atoms with van der Waals surface area (Å²) in [5, 5.41) is 0. The first-order valence-corrected chi connectivity index (χ1v) is 6.59. The fourth-order valence-electron chi connectivity index (χ4n) is 1.68. The summed E-state index contributed by atoms with van der Waals surface area (Å²) in [4.78, 5) is 13.1. The molecule has 0 bridgehead atoms. The summed E-state index contributed by atoms with van der Waals surface area (Å²) in [6.07, 6.45) is 1.77. The van der Waals surface area contributed by atoms with E-state index in [1.54, 1.807) is 6.07 Å². The molecule has 0 amide bonds. The van der Waals surface area contributed by atoms with Crippen LogP contribution >= 0.6 is 12.4 Å². The van der Waals surface area contributed by atoms with Crippen LogP contribution in [0.15, 0.2) is 12.1 Å². The Balaban J connectivity index is 0.00000361. The van der Waals surface area contributed by atoms with Crippen LogP contribution in [0.25, 0.3) is 0 Å². The van der Waals surface area contributed by atoms with Gasteiger partial charge in [-0.1, -0.05) is 6.92 Å². The largest absolute Gasteiger partial charge is 0.493 e. The van der Waals surface area contributed by atoms with Gasteiger partial charge in [0.15, 0.2) is 6.29 Å². The van der Waals surface area contributed by atoms with Crippen molar-refractivity contribution in [2.45, 2.75) is 20.3 Å². The van der Waals surface area contributed by atoms with Gasteiger partial charge in [0.05, 0.1) is 12.2 Å². The Morgan fingerprint density at radius 2 is 1.90 bits per heavy atom. The normalized spacial score (nSPS) is 10.1. The zero-order chi connectivity index (χ0) is 14.3. The van der Waals surface area contributed by atoms with Gasteiger partial charge in [0, 0.05) is 12.1 Å². The molecule has 1 rings (SSSR count). The van der Waals surface area contributed by atoms with E-state index in [0.717, 1.165) is 30.6 Å². The Morgan fingerprint density at radius 1 is 1.20 bits per heavy atom. The molecule has 0 aliphatic heterocycles. The molecule has 0 heterocycles. The maximum absolute atomic E-state index is 11.1. The second-order valence-electron chi connectivity index (χ2n) is 4.73. The predicted octanol–water partition coefficient (Wildman–Crippen LogP) is 2.96. The van der Waals surface area contributed by atoms with Crippen molar-refractivity contribution >= 4 is 18.7 Å². The summed E-state index contributed by atoms with van der Waals surface area (Å²) in [6, 6.07) is 3.57. The smallest absolute Gasteiger partial charge is 0.153 e. The number of rotatable bonds is 8. The van der Waals surface area contributed by atoms with Gasteiger partial charge in [-0.25, -0.2) is 0 Å². The molecule has 0 saturated carbocycles. The minimum Gasteiger partial charge on any atom is -0.493 e. The summed E-state index contributed by atoms with van der Waals surface area (Å²) >= 11 is 0. The Labute approximate surface area is 127 Å². The molecule has 0 unspecified atom stereocenters. The fraction of sp³-hybridized carbons (Fsp3) is 0.533. The van der Waals surface area contributed by atoms with E-state index < -0.39 is 0 Å². The summed E-state index contributed by atoms with van der Waals surface area (Å²) in [5.41, 5.74) is 1.46. The molecule has 0 aliphatic rings. The van der Waals surface area contributed by atoms with Crippen molar-refractivity contribution in [3.05, 3.63) is 23.3 Å². The Bertz CT molecular complexity index is 422. The summed E-state index contributed by atoms with van der Waals surface area (Å²) in [7, 11) is 3.97. The molecule has 0 radical (unpaired) electrons. The highest BCUT2D eigenvalue weighted by Gasteiger charge is 2.12. The first-order valence-electron chi connectivity index (χ1n) is 6.59. The van der Waals surface area contributed by atoms with E-state index >= 15 is 0 Å². The Kier molecular flexibility index (Phi) is 9.01. The van der Waals surface area contributed by atoms with E-state index in [2.05, 4.69) is 6.92 Å². The van der Waals surface area contributed by atoms with Crippen molar-refractivity contribution < 1.29 is 14.3 Å². The van der Waals surface area contributed by atoms with Crippen LogP contribution in [0.2, 0.25) is 0 Å². The fourth-order valence-corrected chi connectivity index (χ4v) is 1.68. The second kappa shape index (κ2) is 9.61. The molecule has 20 heavy (non-hydrogen) atoms. The van der Waals surface area contributed by atoms with E-state index in [9.17, 15) is 4.79 Å². The van der Waals surface area contributed by atoms with Gasteiger partial charge >= 0.3 is 0 Å². The Morgan fingerprint density at radius 3 is 2.45 bits per heavy atom. The molecule has 1 aromatic carbocycles. The van der Waals surface area contributed by atoms with Crippen LogP contribution in [0.1, 0.15) is 29.3 Å². The van der Waals surface area contributed by atoms with Gasteiger partial charge in [0.25, 0.3) is 0 Å². The van der Waals surface area contributed by atoms with Crippen LogP contribution in [0.5, 0.6) is 11.5 Å². The number of hydrogen-bond donors (Lipinski definition) is 0. The average Bonchev–Trinajstić information content (AvgIpc) is 2.38. The first kappa shape index (κ1) is 18.7. The van der Waals surface area contributed by atoms with Gasteiger partial charge in [-0.3, -0.25) is 4.79 Å². The van der Waals surface area contributed by atoms with Gasteiger partial charge in [-0.05, 0) is 39.6 Å². The molecule has 4 nitrogen and oxygen atoms in total. The van der Waals surface area contributed by atoms with E-state index in [1.165, 1.54) is 0 Å². The number of hydrogen-bond acceptors (Lipinski definition) is 4. The van der Waals surface area contributed by atoms with Crippen molar-refractivity contribution in [3.63, 3.8) is 0 Å². The zero-order valence-corrected chi connectivity index (χ0v) is 13.5. The summed E-state index contributed by atoms with van der Waals surface area (Å²) in [5.74, 6) is 1.41. The van der Waals surface area contributed by atoms with Crippen molar-refractivity contribution in [2.75, 3.05) is 33.9 Å². The maximum atomic E-state index is 11.1. The highest BCUT2D eigenvalue weighted by atomic mass is 35.5. The van der Waals surface area contributed by atoms with Crippen molar-refractivity contribution in [3.8, 4) is 11.5 Å². The van der Waals surface area contributed by atoms with E-state index in [0.29, 0.717) is 24.5 Å². The van der Waals surface area contributed by atoms with Gasteiger partial charge in [0.2, 0.25) is 0 Å². The molecule has 1 aromatic rings. The van der Waals surface area contributed by atoms with Crippen LogP contribution in [-0.4, -0.2) is 45.0 Å². The van der Waals surface area contributed by atoms with Gasteiger partial charge in [-0.15, -0.1) is 12.4 Å². The van der Waals surface area contributed by atoms with Crippen molar-refractivity contribution in [1.29, 1.82) is 0 Å². The molecular formula is C15H24ClNO3. The lowest BCUT2D eigenvalue weighted by Crippen LogP contribution is -2.20. The van der Waals surface area contributed by atoms with Crippen LogP contribution in [-0.2, 0) is 0 Å². The van der Waals surface area contributed by atoms with Crippen LogP contribution in [0.4, 0.5) is 0 Å². The first-order chi connectivity index (χ1) is 9.10. The lowest BCUT2D eigenvalue weighted by Gasteiger charge is -2.16. The molecule has 0 aliphatic carbocycles. The predicted molar refractivity (Wildman–Crippen MR) is 83.6 cm³/mol. The number of aldehydes is 1. The Hall–Kier alpha value is -1.26. The molecule has 0 spiro atoms. The zero-order valence-electron chi connectivity index (χ0n) is 12.6. The van der Waals surface area contributed by atoms with E-state index in [1.807, 2.05) is 32.0 Å². The molecule has 0 saturated heterocycles. The molecule has 0 fully saturated rings. The number of carbonyl (C=O) groups is 1. The maximum Gasteiger partial charge on any atom is 0.153 e. The topological polar surface area (TPSA) is 38.8 Å². The van der Waals surface area contributed by atoms with E-state index in [4.69, 9.17) is 9.47 Å². The minimum atomic E-state index is 0. The molecule has 0 atom stereocenters. The average molecular weight is 302 g/mol. The van der Waals surface area contributed by atoms with Crippen molar-refractivity contribution in [1.82, 2.24) is 4.90 Å². The van der Waals surface area contributed by atoms with Crippen molar-refractivity contribution in [2.24, 2.45) is 0 Å². The summed E-state index contributed by atoms with van der Waals surface area (Å²) in [6.45, 7) is 5.99. The molecular weight excluding hydrogens is 278 g/mol. The molecule has 114 valence electrons. The van der Waals surface area contributed by atoms with Gasteiger partial charge in [-0.2, -0.15) is 0 Å². The SMILES string of the molecule is CCCOc1ccc(C=O)c(OCCN(C)C)c1C.Cl. The monoisotopic (exact) mass is 301 g/mol. The molecule has 0 aromatic heterocycles. The highest BCUT2D eigenvalue weighted by molar-refractivity contribution is 5.85. The quantitative estimate of drug-likeness (QED) is 0.692. The molecule has 5 heteroatoms. The number of carbonyl (C=O) groups excluding carboxylic acids is 1. The highest BCUT2D eigenvalue weighted by Crippen LogP contribution is 2.30. The number of benzene rings is 1. The van der Waals surface area contributed by atoms with Crippen LogP contribution in [0.3, 0.4) is 0 Å². The third-order valence-electron chi connectivity index (χ3n) is 2.76. The number of nitrogens with zero attached hydrogens (tertiary/aromatic N) is 1. The lowest BCUT2D eigenvalue weighted by molar-refractivity contribution is 0.111. The van der Waals surface area contributed by atoms with Gasteiger partial charge < -0.3 is 14.4 Å². The number of ether oxygens (including phenoxy) is 2. The summed E-state index contributed by atoms with van der Waals surface area (Å²) < 4.78 is 11.4. The van der Waals surface area contributed by atoms with Crippen LogP contribution in [0, 0.1) is 6.92 Å². The second-order valence-corrected chi connectivity index (χ2v) is 4.73. The molecule has 0 N–H and O–H groups in total. The third kappa shape index (κ3) is 5.39.